The summed E-state index contributed by atoms with van der Waals surface area (Å²) in [5, 5.41) is 0. The van der Waals surface area contributed by atoms with Crippen LogP contribution < -0.4 is 0 Å². The Hall–Kier alpha value is -1.96. The van der Waals surface area contributed by atoms with Crippen molar-refractivity contribution in [3.8, 4) is 0 Å². The molecule has 0 radical (unpaired) electrons. The summed E-state index contributed by atoms with van der Waals surface area (Å²) in [4.78, 5) is 8.17. The molecule has 1 heterocycles. The molecular formula is C13H14N2. The van der Waals surface area contributed by atoms with Crippen LogP contribution in [0.2, 0.25) is 0 Å². The van der Waals surface area contributed by atoms with Gasteiger partial charge >= 0.3 is 0 Å². The SMILES string of the molecule is C1=N\C=C/C=C/C=C/C=C\C=C\C=NC1. The first-order chi connectivity index (χ1) is 7.50. The van der Waals surface area contributed by atoms with E-state index in [0.717, 1.165) is 0 Å². The standard InChI is InChI=1S/C13H14N2/c1-2-4-6-8-10-14-12-13-15-11-9-7-5-3-1/h1-12H,13H2/b2-1+,5-3-,6-4+,9-7+,10-8-,14-12?,15-11?. The van der Waals surface area contributed by atoms with Crippen molar-refractivity contribution >= 4 is 12.4 Å². The summed E-state index contributed by atoms with van der Waals surface area (Å²) in [6.45, 7) is 0.611. The first-order valence-electron chi connectivity index (χ1n) is 4.83. The van der Waals surface area contributed by atoms with Crippen molar-refractivity contribution < 1.29 is 0 Å². The number of allylic oxidation sites excluding steroid dienone is 9. The molecule has 2 nitrogen and oxygen atoms in total. The second kappa shape index (κ2) is 8.63. The minimum Gasteiger partial charge on any atom is -0.287 e. The third-order valence-electron chi connectivity index (χ3n) is 1.54. The van der Waals surface area contributed by atoms with Crippen molar-refractivity contribution in [1.29, 1.82) is 0 Å². The molecule has 1 aliphatic heterocycles. The predicted octanol–water partition coefficient (Wildman–Crippen LogP) is 2.88. The average Bonchev–Trinajstić information content (AvgIpc) is 2.27. The van der Waals surface area contributed by atoms with Gasteiger partial charge in [0, 0.05) is 18.6 Å². The van der Waals surface area contributed by atoms with Gasteiger partial charge in [0.25, 0.3) is 0 Å². The van der Waals surface area contributed by atoms with Crippen LogP contribution in [-0.4, -0.2) is 19.0 Å². The Morgan fingerprint density at radius 2 is 1.27 bits per heavy atom. The van der Waals surface area contributed by atoms with E-state index < -0.39 is 0 Å². The van der Waals surface area contributed by atoms with Crippen molar-refractivity contribution in [2.24, 2.45) is 9.98 Å². The summed E-state index contributed by atoms with van der Waals surface area (Å²) in [5.74, 6) is 0. The topological polar surface area (TPSA) is 24.7 Å². The van der Waals surface area contributed by atoms with Crippen LogP contribution in [0.5, 0.6) is 0 Å². The van der Waals surface area contributed by atoms with Gasteiger partial charge in [-0.3, -0.25) is 9.98 Å². The number of aliphatic imine (C=N–C) groups is 2. The van der Waals surface area contributed by atoms with Gasteiger partial charge in [-0.05, 0) is 12.2 Å². The minimum atomic E-state index is 0.611. The lowest BCUT2D eigenvalue weighted by Gasteiger charge is -1.79. The average molecular weight is 198 g/mol. The summed E-state index contributed by atoms with van der Waals surface area (Å²) < 4.78 is 0. The van der Waals surface area contributed by atoms with Crippen LogP contribution in [-0.2, 0) is 0 Å². The van der Waals surface area contributed by atoms with Crippen molar-refractivity contribution in [3.63, 3.8) is 0 Å². The van der Waals surface area contributed by atoms with Crippen molar-refractivity contribution in [3.05, 3.63) is 60.9 Å². The van der Waals surface area contributed by atoms with Crippen LogP contribution in [0, 0.1) is 0 Å². The quantitative estimate of drug-likeness (QED) is 0.572. The van der Waals surface area contributed by atoms with E-state index in [0.29, 0.717) is 6.54 Å². The largest absolute Gasteiger partial charge is 0.287 e. The maximum absolute atomic E-state index is 4.12. The number of nitrogens with zero attached hydrogens (tertiary/aromatic N) is 2. The fraction of sp³-hybridized carbons (Fsp3) is 0.0769. The van der Waals surface area contributed by atoms with Gasteiger partial charge in [0.1, 0.15) is 0 Å². The molecule has 0 spiro atoms. The third-order valence-corrected chi connectivity index (χ3v) is 1.54. The van der Waals surface area contributed by atoms with Crippen molar-refractivity contribution in [2.45, 2.75) is 0 Å². The Bertz CT molecular complexity index is 319. The van der Waals surface area contributed by atoms with Crippen molar-refractivity contribution in [1.82, 2.24) is 0 Å². The van der Waals surface area contributed by atoms with Crippen LogP contribution in [0.15, 0.2) is 70.9 Å². The maximum Gasteiger partial charge on any atom is 0.0742 e. The molecule has 0 saturated heterocycles. The van der Waals surface area contributed by atoms with Gasteiger partial charge in [-0.2, -0.15) is 0 Å². The Morgan fingerprint density at radius 3 is 2.00 bits per heavy atom. The van der Waals surface area contributed by atoms with Gasteiger partial charge in [-0.25, -0.2) is 0 Å². The summed E-state index contributed by atoms with van der Waals surface area (Å²) in [6.07, 6.45) is 22.7. The first-order valence-corrected chi connectivity index (χ1v) is 4.83. The molecule has 2 heteroatoms. The summed E-state index contributed by atoms with van der Waals surface area (Å²) in [5.41, 5.74) is 0. The first kappa shape index (κ1) is 11.1. The van der Waals surface area contributed by atoms with Crippen LogP contribution in [0.1, 0.15) is 0 Å². The van der Waals surface area contributed by atoms with Gasteiger partial charge in [0.15, 0.2) is 0 Å². The molecule has 15 heavy (non-hydrogen) atoms. The summed E-state index contributed by atoms with van der Waals surface area (Å²) >= 11 is 0. The van der Waals surface area contributed by atoms with E-state index >= 15 is 0 Å². The van der Waals surface area contributed by atoms with E-state index in [9.17, 15) is 0 Å². The van der Waals surface area contributed by atoms with Crippen LogP contribution in [0.25, 0.3) is 0 Å². The molecule has 0 amide bonds. The summed E-state index contributed by atoms with van der Waals surface area (Å²) in [6, 6.07) is 0. The molecule has 0 aliphatic carbocycles. The van der Waals surface area contributed by atoms with E-state index in [1.165, 1.54) is 0 Å². The lowest BCUT2D eigenvalue weighted by Crippen LogP contribution is -1.79. The Labute approximate surface area is 90.5 Å². The minimum absolute atomic E-state index is 0.611. The highest BCUT2D eigenvalue weighted by Gasteiger charge is 1.70. The summed E-state index contributed by atoms with van der Waals surface area (Å²) in [7, 11) is 0. The number of hydrogen-bond acceptors (Lipinski definition) is 2. The zero-order valence-electron chi connectivity index (χ0n) is 8.53. The van der Waals surface area contributed by atoms with Gasteiger partial charge in [0.05, 0.1) is 6.54 Å². The molecule has 76 valence electrons. The fourth-order valence-electron chi connectivity index (χ4n) is 0.875. The van der Waals surface area contributed by atoms with Gasteiger partial charge < -0.3 is 0 Å². The van der Waals surface area contributed by atoms with E-state index in [2.05, 4.69) is 9.98 Å². The number of hydrogen-bond donors (Lipinski definition) is 0. The normalized spacial score (nSPS) is 27.2. The highest BCUT2D eigenvalue weighted by molar-refractivity contribution is 5.74. The maximum atomic E-state index is 4.12. The highest BCUT2D eigenvalue weighted by atomic mass is 14.7. The molecule has 0 atom stereocenters. The van der Waals surface area contributed by atoms with Gasteiger partial charge in [-0.15, -0.1) is 0 Å². The second-order valence-corrected chi connectivity index (χ2v) is 2.73. The fourth-order valence-corrected chi connectivity index (χ4v) is 0.875. The Balaban J connectivity index is 2.62. The molecule has 0 N–H and O–H groups in total. The monoisotopic (exact) mass is 198 g/mol. The smallest absolute Gasteiger partial charge is 0.0742 e. The third kappa shape index (κ3) is 7.14. The lowest BCUT2D eigenvalue weighted by atomic mass is 10.4. The molecule has 1 rings (SSSR count). The molecule has 0 fully saturated rings. The molecule has 0 aromatic heterocycles. The van der Waals surface area contributed by atoms with Gasteiger partial charge in [0.2, 0.25) is 0 Å². The van der Waals surface area contributed by atoms with Crippen LogP contribution in [0.3, 0.4) is 0 Å². The second-order valence-electron chi connectivity index (χ2n) is 2.73. The van der Waals surface area contributed by atoms with E-state index in [4.69, 9.17) is 0 Å². The molecule has 0 saturated carbocycles. The van der Waals surface area contributed by atoms with Gasteiger partial charge in [-0.1, -0.05) is 42.5 Å². The molecule has 0 aromatic rings. The van der Waals surface area contributed by atoms with Crippen molar-refractivity contribution in [2.75, 3.05) is 6.54 Å². The van der Waals surface area contributed by atoms with E-state index in [1.54, 1.807) is 18.6 Å². The molecular weight excluding hydrogens is 184 g/mol. The zero-order chi connectivity index (χ0) is 10.6. The lowest BCUT2D eigenvalue weighted by molar-refractivity contribution is 1.33. The van der Waals surface area contributed by atoms with E-state index in [-0.39, 0.29) is 0 Å². The van der Waals surface area contributed by atoms with Crippen LogP contribution >= 0.6 is 0 Å². The predicted molar refractivity (Wildman–Crippen MR) is 67.6 cm³/mol. The molecule has 0 bridgehead atoms. The van der Waals surface area contributed by atoms with Crippen LogP contribution in [0.4, 0.5) is 0 Å². The Morgan fingerprint density at radius 1 is 0.667 bits per heavy atom. The number of rotatable bonds is 0. The Kier molecular flexibility index (Phi) is 6.40. The molecule has 1 aliphatic rings. The van der Waals surface area contributed by atoms with E-state index in [1.807, 2.05) is 54.7 Å². The molecule has 0 aromatic carbocycles. The highest BCUT2D eigenvalue weighted by Crippen LogP contribution is 1.84. The molecule has 0 unspecified atom stereocenters. The zero-order valence-corrected chi connectivity index (χ0v) is 8.53.